The second-order valence-electron chi connectivity index (χ2n) is 8.01. The SMILES string of the molecule is C=C(C)[C@@H](CC=C(C)C)Cc1c(O)cc(OC)c(C(=O)/C=C/c2ccc(O)cc2O)c1O. The van der Waals surface area contributed by atoms with Crippen LogP contribution in [0.4, 0.5) is 0 Å². The Bertz CT molecular complexity index is 1070. The average molecular weight is 439 g/mol. The fraction of sp³-hybridized carbons (Fsp3) is 0.269. The molecule has 0 saturated carbocycles. The molecule has 6 nitrogen and oxygen atoms in total. The van der Waals surface area contributed by atoms with Crippen molar-refractivity contribution in [1.29, 1.82) is 0 Å². The van der Waals surface area contributed by atoms with Crippen LogP contribution in [-0.4, -0.2) is 33.3 Å². The van der Waals surface area contributed by atoms with Crippen LogP contribution in [0.1, 0.15) is 48.7 Å². The number of ketones is 1. The number of ether oxygens (including phenoxy) is 1. The van der Waals surface area contributed by atoms with E-state index < -0.39 is 5.78 Å². The van der Waals surface area contributed by atoms with Gasteiger partial charge in [0.15, 0.2) is 5.78 Å². The van der Waals surface area contributed by atoms with Crippen LogP contribution < -0.4 is 4.74 Å². The van der Waals surface area contributed by atoms with Gasteiger partial charge in [0.2, 0.25) is 0 Å². The van der Waals surface area contributed by atoms with Crippen molar-refractivity contribution >= 4 is 11.9 Å². The summed E-state index contributed by atoms with van der Waals surface area (Å²) in [6.45, 7) is 9.90. The number of aromatic hydroxyl groups is 4. The largest absolute Gasteiger partial charge is 0.508 e. The minimum Gasteiger partial charge on any atom is -0.508 e. The van der Waals surface area contributed by atoms with E-state index in [0.717, 1.165) is 17.2 Å². The van der Waals surface area contributed by atoms with Gasteiger partial charge in [0.25, 0.3) is 0 Å². The molecule has 32 heavy (non-hydrogen) atoms. The summed E-state index contributed by atoms with van der Waals surface area (Å²) >= 11 is 0. The zero-order valence-electron chi connectivity index (χ0n) is 18.8. The van der Waals surface area contributed by atoms with Gasteiger partial charge in [-0.25, -0.2) is 0 Å². The standard InChI is InChI=1S/C26H30O6/c1-15(2)6-7-18(16(3)4)12-20-23(30)14-24(32-5)25(26(20)31)21(28)11-9-17-8-10-19(27)13-22(17)29/h6,8-11,13-14,18,27,29-31H,3,7,12H2,1-2,4-5H3/b11-9+/t18-/m0/s1. The summed E-state index contributed by atoms with van der Waals surface area (Å²) < 4.78 is 5.22. The maximum absolute atomic E-state index is 12.9. The van der Waals surface area contributed by atoms with Crippen molar-refractivity contribution in [1.82, 2.24) is 0 Å². The van der Waals surface area contributed by atoms with Gasteiger partial charge in [-0.15, -0.1) is 0 Å². The van der Waals surface area contributed by atoms with Gasteiger partial charge in [0.05, 0.1) is 7.11 Å². The molecule has 0 unspecified atom stereocenters. The maximum atomic E-state index is 12.9. The monoisotopic (exact) mass is 438 g/mol. The number of rotatable bonds is 9. The normalized spacial score (nSPS) is 11.9. The van der Waals surface area contributed by atoms with Crippen LogP contribution in [0.15, 0.2) is 54.1 Å². The van der Waals surface area contributed by atoms with Crippen LogP contribution in [0.25, 0.3) is 6.08 Å². The van der Waals surface area contributed by atoms with E-state index in [1.54, 1.807) is 0 Å². The molecule has 2 aromatic rings. The molecule has 0 aliphatic carbocycles. The molecule has 1 atom stereocenters. The summed E-state index contributed by atoms with van der Waals surface area (Å²) in [7, 11) is 1.34. The van der Waals surface area contributed by atoms with Crippen LogP contribution in [-0.2, 0) is 6.42 Å². The summed E-state index contributed by atoms with van der Waals surface area (Å²) in [4.78, 5) is 12.9. The van der Waals surface area contributed by atoms with Gasteiger partial charge in [0.1, 0.15) is 34.3 Å². The lowest BCUT2D eigenvalue weighted by Crippen LogP contribution is -2.08. The Balaban J connectivity index is 2.46. The summed E-state index contributed by atoms with van der Waals surface area (Å²) in [5.41, 5.74) is 2.52. The molecule has 0 bridgehead atoms. The topological polar surface area (TPSA) is 107 Å². The van der Waals surface area contributed by atoms with E-state index in [2.05, 4.69) is 12.7 Å². The van der Waals surface area contributed by atoms with Crippen LogP contribution in [0.5, 0.6) is 28.7 Å². The highest BCUT2D eigenvalue weighted by molar-refractivity contribution is 6.11. The summed E-state index contributed by atoms with van der Waals surface area (Å²) in [6.07, 6.45) is 5.60. The molecular weight excluding hydrogens is 408 g/mol. The van der Waals surface area contributed by atoms with Crippen LogP contribution in [0, 0.1) is 5.92 Å². The zero-order chi connectivity index (χ0) is 24.0. The molecule has 0 amide bonds. The minimum absolute atomic E-state index is 0.0319. The van der Waals surface area contributed by atoms with E-state index in [1.165, 1.54) is 37.5 Å². The second kappa shape index (κ2) is 10.6. The molecule has 0 aliphatic heterocycles. The number of carbonyl (C=O) groups is 1. The maximum Gasteiger partial charge on any atom is 0.193 e. The number of phenols is 4. The molecule has 0 radical (unpaired) electrons. The molecule has 2 aromatic carbocycles. The molecule has 0 heterocycles. The number of benzene rings is 2. The molecule has 170 valence electrons. The molecule has 0 saturated heterocycles. The molecule has 2 rings (SSSR count). The van der Waals surface area contributed by atoms with Gasteiger partial charge in [-0.3, -0.25) is 4.79 Å². The van der Waals surface area contributed by atoms with Gasteiger partial charge in [-0.05, 0) is 63.8 Å². The van der Waals surface area contributed by atoms with Crippen LogP contribution in [0.2, 0.25) is 0 Å². The number of hydrogen-bond acceptors (Lipinski definition) is 6. The first-order valence-electron chi connectivity index (χ1n) is 10.2. The van der Waals surface area contributed by atoms with E-state index in [-0.39, 0.29) is 45.8 Å². The fourth-order valence-corrected chi connectivity index (χ4v) is 3.28. The van der Waals surface area contributed by atoms with E-state index in [9.17, 15) is 25.2 Å². The van der Waals surface area contributed by atoms with Crippen LogP contribution >= 0.6 is 0 Å². The molecule has 0 aromatic heterocycles. The van der Waals surface area contributed by atoms with Crippen molar-refractivity contribution < 1.29 is 30.0 Å². The third kappa shape index (κ3) is 5.94. The van der Waals surface area contributed by atoms with Crippen molar-refractivity contribution in [3.05, 3.63) is 70.8 Å². The molecule has 0 aliphatic rings. The first kappa shape index (κ1) is 24.6. The summed E-state index contributed by atoms with van der Waals surface area (Å²) in [5.74, 6) is -1.39. The third-order valence-corrected chi connectivity index (χ3v) is 5.20. The summed E-state index contributed by atoms with van der Waals surface area (Å²) in [5, 5.41) is 40.8. The fourth-order valence-electron chi connectivity index (χ4n) is 3.28. The minimum atomic E-state index is -0.566. The Hall–Kier alpha value is -3.67. The zero-order valence-corrected chi connectivity index (χ0v) is 18.8. The average Bonchev–Trinajstić information content (AvgIpc) is 2.71. The van der Waals surface area contributed by atoms with Gasteiger partial charge in [-0.2, -0.15) is 0 Å². The predicted octanol–water partition coefficient (Wildman–Crippen LogP) is 5.50. The molecule has 6 heteroatoms. The van der Waals surface area contributed by atoms with Crippen LogP contribution in [0.3, 0.4) is 0 Å². The molecular formula is C26H30O6. The Labute approximate surface area is 188 Å². The quantitative estimate of drug-likeness (QED) is 0.234. The highest BCUT2D eigenvalue weighted by Gasteiger charge is 2.24. The summed E-state index contributed by atoms with van der Waals surface area (Å²) in [6, 6.07) is 5.30. The van der Waals surface area contributed by atoms with E-state index in [1.807, 2.05) is 20.8 Å². The first-order valence-corrected chi connectivity index (χ1v) is 10.2. The highest BCUT2D eigenvalue weighted by atomic mass is 16.5. The van der Waals surface area contributed by atoms with Crippen molar-refractivity contribution in [3.8, 4) is 28.7 Å². The lowest BCUT2D eigenvalue weighted by Gasteiger charge is -2.19. The lowest BCUT2D eigenvalue weighted by molar-refractivity contribution is 0.104. The Morgan fingerprint density at radius 2 is 1.78 bits per heavy atom. The van der Waals surface area contributed by atoms with Gasteiger partial charge < -0.3 is 25.2 Å². The third-order valence-electron chi connectivity index (χ3n) is 5.20. The molecule has 0 spiro atoms. The number of hydrogen-bond donors (Lipinski definition) is 4. The van der Waals surface area contributed by atoms with E-state index in [4.69, 9.17) is 4.74 Å². The van der Waals surface area contributed by atoms with Crippen molar-refractivity contribution in [2.75, 3.05) is 7.11 Å². The first-order chi connectivity index (χ1) is 15.0. The number of allylic oxidation sites excluding steroid dienone is 4. The Morgan fingerprint density at radius 1 is 1.09 bits per heavy atom. The van der Waals surface area contributed by atoms with E-state index in [0.29, 0.717) is 18.4 Å². The highest BCUT2D eigenvalue weighted by Crippen LogP contribution is 2.41. The molecule has 0 fully saturated rings. The number of carbonyl (C=O) groups excluding carboxylic acids is 1. The predicted molar refractivity (Wildman–Crippen MR) is 126 cm³/mol. The van der Waals surface area contributed by atoms with E-state index >= 15 is 0 Å². The number of methoxy groups -OCH3 is 1. The molecule has 4 N–H and O–H groups in total. The van der Waals surface area contributed by atoms with Crippen molar-refractivity contribution in [2.24, 2.45) is 5.92 Å². The van der Waals surface area contributed by atoms with Gasteiger partial charge in [-0.1, -0.05) is 23.8 Å². The smallest absolute Gasteiger partial charge is 0.193 e. The Morgan fingerprint density at radius 3 is 2.34 bits per heavy atom. The Kier molecular flexibility index (Phi) is 8.13. The van der Waals surface area contributed by atoms with Crippen molar-refractivity contribution in [3.63, 3.8) is 0 Å². The second-order valence-corrected chi connectivity index (χ2v) is 8.01. The number of phenolic OH excluding ortho intramolecular Hbond substituents is 4. The lowest BCUT2D eigenvalue weighted by atomic mass is 9.88. The van der Waals surface area contributed by atoms with Crippen molar-refractivity contribution in [2.45, 2.75) is 33.6 Å². The van der Waals surface area contributed by atoms with Gasteiger partial charge >= 0.3 is 0 Å². The van der Waals surface area contributed by atoms with Gasteiger partial charge in [0, 0.05) is 23.3 Å².